The summed E-state index contributed by atoms with van der Waals surface area (Å²) >= 11 is 0. The van der Waals surface area contributed by atoms with E-state index in [2.05, 4.69) is 18.7 Å². The highest BCUT2D eigenvalue weighted by Gasteiger charge is 2.16. The third-order valence-electron chi connectivity index (χ3n) is 2.85. The molecule has 90 valence electrons. The van der Waals surface area contributed by atoms with Crippen molar-refractivity contribution in [2.75, 3.05) is 39.5 Å². The molecule has 0 spiro atoms. The van der Waals surface area contributed by atoms with Crippen molar-refractivity contribution in [3.63, 3.8) is 0 Å². The Bertz CT molecular complexity index is 147. The number of rotatable bonds is 7. The second kappa shape index (κ2) is 8.08. The van der Waals surface area contributed by atoms with E-state index >= 15 is 0 Å². The van der Waals surface area contributed by atoms with Crippen molar-refractivity contribution in [3.8, 4) is 0 Å². The van der Waals surface area contributed by atoms with Crippen molar-refractivity contribution in [2.45, 2.75) is 39.2 Å². The van der Waals surface area contributed by atoms with Crippen molar-refractivity contribution in [3.05, 3.63) is 0 Å². The topological polar surface area (TPSA) is 21.7 Å². The van der Waals surface area contributed by atoms with Crippen LogP contribution in [0, 0.1) is 0 Å². The van der Waals surface area contributed by atoms with Gasteiger partial charge in [-0.25, -0.2) is 0 Å². The minimum absolute atomic E-state index is 0.424. The van der Waals surface area contributed by atoms with Crippen LogP contribution in [0.4, 0.5) is 0 Å². The predicted molar refractivity (Wildman–Crippen MR) is 62.2 cm³/mol. The molecule has 0 aromatic rings. The van der Waals surface area contributed by atoms with Crippen molar-refractivity contribution in [2.24, 2.45) is 0 Å². The van der Waals surface area contributed by atoms with Gasteiger partial charge >= 0.3 is 0 Å². The van der Waals surface area contributed by atoms with E-state index in [1.807, 2.05) is 0 Å². The van der Waals surface area contributed by atoms with Crippen LogP contribution in [-0.4, -0.2) is 50.5 Å². The fourth-order valence-corrected chi connectivity index (χ4v) is 1.97. The molecule has 1 aliphatic rings. The second-order valence-corrected chi connectivity index (χ2v) is 4.13. The molecule has 0 N–H and O–H groups in total. The quantitative estimate of drug-likeness (QED) is 0.647. The van der Waals surface area contributed by atoms with Crippen LogP contribution in [0.3, 0.4) is 0 Å². The third kappa shape index (κ3) is 5.50. The number of morpholine rings is 1. The standard InChI is InChI=1S/C12H25NO2/c1-3-5-6-12(15-4-2)11-13-7-9-14-10-8-13/h12H,3-11H2,1-2H3/t12-/m1/s1. The summed E-state index contributed by atoms with van der Waals surface area (Å²) in [4.78, 5) is 2.46. The van der Waals surface area contributed by atoms with Gasteiger partial charge in [-0.1, -0.05) is 19.8 Å². The first-order chi connectivity index (χ1) is 7.36. The fraction of sp³-hybridized carbons (Fsp3) is 1.00. The van der Waals surface area contributed by atoms with Crippen LogP contribution in [0.25, 0.3) is 0 Å². The molecule has 1 atom stereocenters. The molecule has 3 heteroatoms. The first-order valence-corrected chi connectivity index (χ1v) is 6.28. The molecule has 1 rings (SSSR count). The summed E-state index contributed by atoms with van der Waals surface area (Å²) in [5.74, 6) is 0. The first-order valence-electron chi connectivity index (χ1n) is 6.28. The molecule has 1 fully saturated rings. The Morgan fingerprint density at radius 2 is 2.00 bits per heavy atom. The monoisotopic (exact) mass is 215 g/mol. The number of ether oxygens (including phenoxy) is 2. The van der Waals surface area contributed by atoms with Gasteiger partial charge in [-0.2, -0.15) is 0 Å². The van der Waals surface area contributed by atoms with Crippen molar-refractivity contribution in [1.82, 2.24) is 4.90 Å². The summed E-state index contributed by atoms with van der Waals surface area (Å²) in [6, 6.07) is 0. The molecule has 0 saturated carbocycles. The Morgan fingerprint density at radius 1 is 1.27 bits per heavy atom. The zero-order valence-corrected chi connectivity index (χ0v) is 10.2. The molecule has 0 radical (unpaired) electrons. The van der Waals surface area contributed by atoms with Gasteiger partial charge in [-0.3, -0.25) is 4.90 Å². The molecule has 0 aliphatic carbocycles. The molecule has 0 aromatic carbocycles. The van der Waals surface area contributed by atoms with Crippen LogP contribution in [0.15, 0.2) is 0 Å². The predicted octanol–water partition coefficient (Wildman–Crippen LogP) is 1.91. The maximum atomic E-state index is 5.76. The molecule has 1 saturated heterocycles. The average Bonchev–Trinajstić information content (AvgIpc) is 2.28. The summed E-state index contributed by atoms with van der Waals surface area (Å²) in [7, 11) is 0. The molecule has 0 amide bonds. The highest BCUT2D eigenvalue weighted by Crippen LogP contribution is 2.08. The number of nitrogens with zero attached hydrogens (tertiary/aromatic N) is 1. The summed E-state index contributed by atoms with van der Waals surface area (Å²) in [6.45, 7) is 10.1. The van der Waals surface area contributed by atoms with Gasteiger partial charge in [0, 0.05) is 26.2 Å². The zero-order chi connectivity index (χ0) is 10.9. The minimum Gasteiger partial charge on any atom is -0.379 e. The smallest absolute Gasteiger partial charge is 0.0701 e. The molecule has 3 nitrogen and oxygen atoms in total. The van der Waals surface area contributed by atoms with E-state index in [1.54, 1.807) is 0 Å². The minimum atomic E-state index is 0.424. The van der Waals surface area contributed by atoms with E-state index in [-0.39, 0.29) is 0 Å². The second-order valence-electron chi connectivity index (χ2n) is 4.13. The first kappa shape index (κ1) is 12.9. The van der Waals surface area contributed by atoms with Crippen LogP contribution in [-0.2, 0) is 9.47 Å². The lowest BCUT2D eigenvalue weighted by Gasteiger charge is -2.30. The van der Waals surface area contributed by atoms with Gasteiger partial charge in [-0.05, 0) is 13.3 Å². The van der Waals surface area contributed by atoms with Crippen LogP contribution >= 0.6 is 0 Å². The van der Waals surface area contributed by atoms with Crippen LogP contribution in [0.2, 0.25) is 0 Å². The Balaban J connectivity index is 2.21. The zero-order valence-electron chi connectivity index (χ0n) is 10.2. The largest absolute Gasteiger partial charge is 0.379 e. The maximum absolute atomic E-state index is 5.76. The maximum Gasteiger partial charge on any atom is 0.0701 e. The third-order valence-corrected chi connectivity index (χ3v) is 2.85. The van der Waals surface area contributed by atoms with Gasteiger partial charge in [0.15, 0.2) is 0 Å². The molecule has 0 bridgehead atoms. The summed E-state index contributed by atoms with van der Waals surface area (Å²) in [5.41, 5.74) is 0. The average molecular weight is 215 g/mol. The molecular weight excluding hydrogens is 190 g/mol. The Labute approximate surface area is 93.7 Å². The molecule has 1 heterocycles. The Morgan fingerprint density at radius 3 is 2.60 bits per heavy atom. The van der Waals surface area contributed by atoms with Crippen molar-refractivity contribution in [1.29, 1.82) is 0 Å². The van der Waals surface area contributed by atoms with Gasteiger partial charge in [0.1, 0.15) is 0 Å². The van der Waals surface area contributed by atoms with Gasteiger partial charge in [-0.15, -0.1) is 0 Å². The van der Waals surface area contributed by atoms with Gasteiger partial charge in [0.2, 0.25) is 0 Å². The van der Waals surface area contributed by atoms with E-state index in [9.17, 15) is 0 Å². The van der Waals surface area contributed by atoms with Gasteiger partial charge in [0.25, 0.3) is 0 Å². The van der Waals surface area contributed by atoms with E-state index < -0.39 is 0 Å². The SMILES string of the molecule is CCCC[C@H](CN1CCOCC1)OCC. The molecule has 1 aliphatic heterocycles. The van der Waals surface area contributed by atoms with E-state index in [4.69, 9.17) is 9.47 Å². The number of unbranched alkanes of at least 4 members (excludes halogenated alkanes) is 1. The van der Waals surface area contributed by atoms with Crippen molar-refractivity contribution < 1.29 is 9.47 Å². The molecular formula is C12H25NO2. The van der Waals surface area contributed by atoms with Crippen LogP contribution < -0.4 is 0 Å². The Hall–Kier alpha value is -0.120. The molecule has 15 heavy (non-hydrogen) atoms. The van der Waals surface area contributed by atoms with Gasteiger partial charge in [0.05, 0.1) is 19.3 Å². The number of hydrogen-bond acceptors (Lipinski definition) is 3. The van der Waals surface area contributed by atoms with Gasteiger partial charge < -0.3 is 9.47 Å². The molecule has 0 unspecified atom stereocenters. The van der Waals surface area contributed by atoms with Crippen molar-refractivity contribution >= 4 is 0 Å². The van der Waals surface area contributed by atoms with E-state index in [0.29, 0.717) is 6.10 Å². The highest BCUT2D eigenvalue weighted by molar-refractivity contribution is 4.68. The summed E-state index contributed by atoms with van der Waals surface area (Å²) < 4.78 is 11.1. The lowest BCUT2D eigenvalue weighted by Crippen LogP contribution is -2.41. The van der Waals surface area contributed by atoms with Crippen LogP contribution in [0.5, 0.6) is 0 Å². The Kier molecular flexibility index (Phi) is 6.98. The molecule has 0 aromatic heterocycles. The normalized spacial score (nSPS) is 20.4. The summed E-state index contributed by atoms with van der Waals surface area (Å²) in [5, 5.41) is 0. The van der Waals surface area contributed by atoms with E-state index in [0.717, 1.165) is 39.5 Å². The lowest BCUT2D eigenvalue weighted by molar-refractivity contribution is -0.0119. The van der Waals surface area contributed by atoms with Crippen LogP contribution in [0.1, 0.15) is 33.1 Å². The summed E-state index contributed by atoms with van der Waals surface area (Å²) in [6.07, 6.45) is 4.15. The highest BCUT2D eigenvalue weighted by atomic mass is 16.5. The van der Waals surface area contributed by atoms with E-state index in [1.165, 1.54) is 19.3 Å². The number of hydrogen-bond donors (Lipinski definition) is 0. The fourth-order valence-electron chi connectivity index (χ4n) is 1.97. The lowest BCUT2D eigenvalue weighted by atomic mass is 10.1.